The van der Waals surface area contributed by atoms with Crippen LogP contribution in [-0.2, 0) is 32.2 Å². The lowest BCUT2D eigenvalue weighted by molar-refractivity contribution is -0.0932. The molecule has 2 fully saturated rings. The Labute approximate surface area is 282 Å². The summed E-state index contributed by atoms with van der Waals surface area (Å²) in [5, 5.41) is 12.4. The SMILES string of the molecule is O=C(O)N1CC(OCCN2CCOCC2)C(c2ccc(OCCCOCc3ccccc3)cc2)C(OCc2ccc3ccccc3c2)C1. The number of benzene rings is 4. The number of nitrogens with zero attached hydrogens (tertiary/aromatic N) is 2. The summed E-state index contributed by atoms with van der Waals surface area (Å²) >= 11 is 0. The van der Waals surface area contributed by atoms with Crippen LogP contribution in [0.2, 0.25) is 0 Å². The van der Waals surface area contributed by atoms with Crippen molar-refractivity contribution in [1.82, 2.24) is 9.80 Å². The molecular formula is C39H46N2O7. The highest BCUT2D eigenvalue weighted by atomic mass is 16.5. The van der Waals surface area contributed by atoms with Crippen molar-refractivity contribution in [3.05, 3.63) is 114 Å². The fourth-order valence-corrected chi connectivity index (χ4v) is 6.47. The molecule has 4 aromatic rings. The molecule has 3 atom stereocenters. The van der Waals surface area contributed by atoms with Gasteiger partial charge in [-0.15, -0.1) is 0 Å². The number of carboxylic acid groups (broad SMARTS) is 1. The molecule has 0 radical (unpaired) electrons. The Morgan fingerprint density at radius 3 is 2.25 bits per heavy atom. The third-order valence-electron chi connectivity index (χ3n) is 9.07. The molecule has 254 valence electrons. The summed E-state index contributed by atoms with van der Waals surface area (Å²) < 4.78 is 30.4. The van der Waals surface area contributed by atoms with Crippen molar-refractivity contribution in [1.29, 1.82) is 0 Å². The maximum atomic E-state index is 12.3. The molecule has 2 saturated heterocycles. The van der Waals surface area contributed by atoms with Crippen molar-refractivity contribution in [2.45, 2.75) is 37.8 Å². The highest BCUT2D eigenvalue weighted by Gasteiger charge is 2.41. The second kappa shape index (κ2) is 17.4. The Bertz CT molecular complexity index is 1560. The number of fused-ring (bicyclic) bond motifs is 1. The third kappa shape index (κ3) is 9.55. The highest BCUT2D eigenvalue weighted by molar-refractivity contribution is 5.82. The van der Waals surface area contributed by atoms with Gasteiger partial charge in [-0.05, 0) is 45.7 Å². The number of rotatable bonds is 15. The average molecular weight is 655 g/mol. The Morgan fingerprint density at radius 2 is 1.48 bits per heavy atom. The minimum Gasteiger partial charge on any atom is -0.494 e. The number of ether oxygens (including phenoxy) is 5. The first-order valence-electron chi connectivity index (χ1n) is 17.0. The smallest absolute Gasteiger partial charge is 0.407 e. The second-order valence-corrected chi connectivity index (χ2v) is 12.4. The maximum Gasteiger partial charge on any atom is 0.407 e. The molecule has 2 aliphatic heterocycles. The lowest BCUT2D eigenvalue weighted by atomic mass is 9.84. The van der Waals surface area contributed by atoms with Crippen LogP contribution in [0.15, 0.2) is 97.1 Å². The first-order valence-corrected chi connectivity index (χ1v) is 17.0. The van der Waals surface area contributed by atoms with Crippen LogP contribution in [0.25, 0.3) is 10.8 Å². The van der Waals surface area contributed by atoms with Gasteiger partial charge in [-0.3, -0.25) is 4.90 Å². The average Bonchev–Trinajstić information content (AvgIpc) is 3.13. The molecule has 0 spiro atoms. The molecule has 48 heavy (non-hydrogen) atoms. The van der Waals surface area contributed by atoms with Gasteiger partial charge < -0.3 is 33.7 Å². The first kappa shape index (κ1) is 33.9. The molecule has 2 heterocycles. The summed E-state index contributed by atoms with van der Waals surface area (Å²) in [5.74, 6) is 0.620. The largest absolute Gasteiger partial charge is 0.494 e. The van der Waals surface area contributed by atoms with Gasteiger partial charge in [0.2, 0.25) is 0 Å². The van der Waals surface area contributed by atoms with Gasteiger partial charge in [-0.2, -0.15) is 0 Å². The van der Waals surface area contributed by atoms with Gasteiger partial charge in [0, 0.05) is 32.0 Å². The van der Waals surface area contributed by atoms with Crippen molar-refractivity contribution in [2.24, 2.45) is 0 Å². The molecule has 4 aromatic carbocycles. The number of hydrogen-bond acceptors (Lipinski definition) is 7. The molecule has 1 N–H and O–H groups in total. The first-order chi connectivity index (χ1) is 23.6. The number of hydrogen-bond donors (Lipinski definition) is 1. The molecule has 9 heteroatoms. The topological polar surface area (TPSA) is 89.9 Å². The molecule has 3 unspecified atom stereocenters. The number of piperidine rings is 1. The summed E-state index contributed by atoms with van der Waals surface area (Å²) in [6.07, 6.45) is -0.952. The Hall–Kier alpha value is -3.99. The summed E-state index contributed by atoms with van der Waals surface area (Å²) in [5.41, 5.74) is 3.24. The zero-order valence-corrected chi connectivity index (χ0v) is 27.5. The number of likely N-dealkylation sites (tertiary alicyclic amines) is 1. The van der Waals surface area contributed by atoms with Crippen LogP contribution in [-0.4, -0.2) is 99.0 Å². The standard InChI is InChI=1S/C39H46N2O7/c42-39(43)41-26-36(47-24-19-40-17-22-44-23-18-40)38(37(27-41)48-29-31-11-12-32-9-4-5-10-34(32)25-31)33-13-15-35(16-14-33)46-21-6-20-45-28-30-7-2-1-3-8-30/h1-5,7-16,25,36-38H,6,17-24,26-29H2,(H,42,43). The van der Waals surface area contributed by atoms with Gasteiger partial charge in [0.25, 0.3) is 0 Å². The van der Waals surface area contributed by atoms with Gasteiger partial charge in [0.15, 0.2) is 0 Å². The van der Waals surface area contributed by atoms with Crippen LogP contribution >= 0.6 is 0 Å². The second-order valence-electron chi connectivity index (χ2n) is 12.4. The van der Waals surface area contributed by atoms with Crippen LogP contribution in [0.4, 0.5) is 4.79 Å². The van der Waals surface area contributed by atoms with Crippen LogP contribution < -0.4 is 4.74 Å². The van der Waals surface area contributed by atoms with Gasteiger partial charge >= 0.3 is 6.09 Å². The van der Waals surface area contributed by atoms with Crippen LogP contribution in [0.5, 0.6) is 5.75 Å². The molecule has 0 aromatic heterocycles. The predicted octanol–water partition coefficient (Wildman–Crippen LogP) is 6.21. The van der Waals surface area contributed by atoms with E-state index in [4.69, 9.17) is 23.7 Å². The summed E-state index contributed by atoms with van der Waals surface area (Å²) in [6, 6.07) is 32.8. The van der Waals surface area contributed by atoms with Crippen LogP contribution in [0.3, 0.4) is 0 Å². The van der Waals surface area contributed by atoms with Crippen LogP contribution in [0, 0.1) is 0 Å². The molecule has 2 aliphatic rings. The van der Waals surface area contributed by atoms with Crippen LogP contribution in [0.1, 0.15) is 29.0 Å². The molecule has 0 bridgehead atoms. The minimum absolute atomic E-state index is 0.161. The summed E-state index contributed by atoms with van der Waals surface area (Å²) in [4.78, 5) is 16.0. The molecule has 9 nitrogen and oxygen atoms in total. The Balaban J connectivity index is 1.12. The fourth-order valence-electron chi connectivity index (χ4n) is 6.47. The molecule has 0 aliphatic carbocycles. The van der Waals surface area contributed by atoms with E-state index >= 15 is 0 Å². The van der Waals surface area contributed by atoms with E-state index in [9.17, 15) is 9.90 Å². The van der Waals surface area contributed by atoms with E-state index in [2.05, 4.69) is 59.5 Å². The highest BCUT2D eigenvalue weighted by Crippen LogP contribution is 2.34. The number of carbonyl (C=O) groups is 1. The van der Waals surface area contributed by atoms with E-state index in [1.165, 1.54) is 10.3 Å². The van der Waals surface area contributed by atoms with Crippen molar-refractivity contribution >= 4 is 16.9 Å². The van der Waals surface area contributed by atoms with Crippen molar-refractivity contribution in [3.8, 4) is 5.75 Å². The maximum absolute atomic E-state index is 12.3. The summed E-state index contributed by atoms with van der Waals surface area (Å²) in [6.45, 7) is 7.13. The monoisotopic (exact) mass is 654 g/mol. The van der Waals surface area contributed by atoms with Gasteiger partial charge in [-0.25, -0.2) is 4.79 Å². The molecule has 6 rings (SSSR count). The predicted molar refractivity (Wildman–Crippen MR) is 185 cm³/mol. The summed E-state index contributed by atoms with van der Waals surface area (Å²) in [7, 11) is 0. The van der Waals surface area contributed by atoms with Gasteiger partial charge in [-0.1, -0.05) is 78.9 Å². The van der Waals surface area contributed by atoms with E-state index in [0.717, 1.165) is 67.1 Å². The van der Waals surface area contributed by atoms with E-state index in [1.54, 1.807) is 0 Å². The Kier molecular flexibility index (Phi) is 12.3. The zero-order valence-electron chi connectivity index (χ0n) is 27.5. The molecule has 1 amide bonds. The quantitative estimate of drug-likeness (QED) is 0.152. The number of amides is 1. The lowest BCUT2D eigenvalue weighted by Crippen LogP contribution is -2.54. The molecular weight excluding hydrogens is 608 g/mol. The van der Waals surface area contributed by atoms with Crippen molar-refractivity contribution in [2.75, 3.05) is 65.8 Å². The van der Waals surface area contributed by atoms with Crippen molar-refractivity contribution < 1.29 is 33.6 Å². The lowest BCUT2D eigenvalue weighted by Gasteiger charge is -2.43. The van der Waals surface area contributed by atoms with E-state index in [-0.39, 0.29) is 25.1 Å². The fraction of sp³-hybridized carbons (Fsp3) is 0.410. The zero-order chi connectivity index (χ0) is 33.0. The molecule has 0 saturated carbocycles. The van der Waals surface area contributed by atoms with E-state index in [0.29, 0.717) is 33.0 Å². The Morgan fingerprint density at radius 1 is 0.750 bits per heavy atom. The van der Waals surface area contributed by atoms with Gasteiger partial charge in [0.1, 0.15) is 5.75 Å². The van der Waals surface area contributed by atoms with Gasteiger partial charge in [0.05, 0.1) is 71.5 Å². The normalized spacial score (nSPS) is 20.2. The van der Waals surface area contributed by atoms with E-state index < -0.39 is 12.2 Å². The minimum atomic E-state index is -0.967. The number of morpholine rings is 1. The van der Waals surface area contributed by atoms with Crippen molar-refractivity contribution in [3.63, 3.8) is 0 Å². The van der Waals surface area contributed by atoms with E-state index in [1.807, 2.05) is 42.5 Å². The third-order valence-corrected chi connectivity index (χ3v) is 9.07.